The van der Waals surface area contributed by atoms with Gasteiger partial charge in [-0.3, -0.25) is 11.3 Å². The highest BCUT2D eigenvalue weighted by Gasteiger charge is 2.07. The molecular weight excluding hydrogens is 244 g/mol. The largest absolute Gasteiger partial charge is 0.271 e. The Bertz CT molecular complexity index is 332. The fraction of sp³-hybridized carbons (Fsp3) is 0.667. The minimum Gasteiger partial charge on any atom is -0.271 e. The zero-order valence-electron chi connectivity index (χ0n) is 13.3. The lowest BCUT2D eigenvalue weighted by Crippen LogP contribution is -2.36. The summed E-state index contributed by atoms with van der Waals surface area (Å²) in [6.07, 6.45) is 11.4. The summed E-state index contributed by atoms with van der Waals surface area (Å²) in [7, 11) is 0. The first-order valence-electron chi connectivity index (χ1n) is 8.34. The molecule has 0 fully saturated rings. The van der Waals surface area contributed by atoms with Gasteiger partial charge in [0, 0.05) is 6.04 Å². The van der Waals surface area contributed by atoms with E-state index in [4.69, 9.17) is 5.84 Å². The number of rotatable bonds is 11. The van der Waals surface area contributed by atoms with Crippen LogP contribution in [0.5, 0.6) is 0 Å². The molecule has 2 heteroatoms. The topological polar surface area (TPSA) is 38.0 Å². The molecule has 0 aliphatic rings. The van der Waals surface area contributed by atoms with Crippen LogP contribution in [0.3, 0.4) is 0 Å². The molecule has 0 amide bonds. The van der Waals surface area contributed by atoms with Gasteiger partial charge in [0.1, 0.15) is 0 Å². The molecule has 20 heavy (non-hydrogen) atoms. The van der Waals surface area contributed by atoms with Crippen LogP contribution >= 0.6 is 0 Å². The molecule has 1 aromatic carbocycles. The van der Waals surface area contributed by atoms with Crippen LogP contribution in [0.4, 0.5) is 0 Å². The van der Waals surface area contributed by atoms with Crippen molar-refractivity contribution in [3.05, 3.63) is 35.4 Å². The summed E-state index contributed by atoms with van der Waals surface area (Å²) in [4.78, 5) is 0. The molecule has 1 atom stereocenters. The van der Waals surface area contributed by atoms with Gasteiger partial charge in [0.2, 0.25) is 0 Å². The number of nitrogens with two attached hydrogens (primary N) is 1. The average molecular weight is 276 g/mol. The van der Waals surface area contributed by atoms with E-state index in [1.807, 2.05) is 0 Å². The van der Waals surface area contributed by atoms with E-state index in [1.54, 1.807) is 0 Å². The van der Waals surface area contributed by atoms with Crippen LogP contribution < -0.4 is 11.3 Å². The number of hydrogen-bond acceptors (Lipinski definition) is 2. The molecule has 0 aliphatic heterocycles. The molecule has 0 spiro atoms. The predicted octanol–water partition coefficient (Wildman–Crippen LogP) is 4.37. The van der Waals surface area contributed by atoms with Gasteiger partial charge in [0.25, 0.3) is 0 Å². The molecule has 0 heterocycles. The summed E-state index contributed by atoms with van der Waals surface area (Å²) in [6, 6.07) is 9.35. The van der Waals surface area contributed by atoms with E-state index < -0.39 is 0 Å². The van der Waals surface area contributed by atoms with Crippen molar-refractivity contribution in [3.63, 3.8) is 0 Å². The van der Waals surface area contributed by atoms with Crippen LogP contribution in [-0.4, -0.2) is 6.04 Å². The second-order valence-corrected chi connectivity index (χ2v) is 5.79. The van der Waals surface area contributed by atoms with Gasteiger partial charge in [0.15, 0.2) is 0 Å². The van der Waals surface area contributed by atoms with Crippen molar-refractivity contribution in [3.8, 4) is 0 Å². The number of benzene rings is 1. The average Bonchev–Trinajstić information content (AvgIpc) is 2.50. The molecule has 114 valence electrons. The van der Waals surface area contributed by atoms with Crippen LogP contribution in [0.1, 0.15) is 69.9 Å². The number of hydrogen-bond donors (Lipinski definition) is 2. The van der Waals surface area contributed by atoms with Gasteiger partial charge in [-0.25, -0.2) is 0 Å². The number of unbranched alkanes of at least 4 members (excludes halogenated alkanes) is 5. The molecule has 0 saturated heterocycles. The molecule has 0 aromatic heterocycles. The maximum Gasteiger partial charge on any atom is 0.0250 e. The van der Waals surface area contributed by atoms with E-state index in [1.165, 1.54) is 56.1 Å². The summed E-state index contributed by atoms with van der Waals surface area (Å²) < 4.78 is 0. The second kappa shape index (κ2) is 10.9. The van der Waals surface area contributed by atoms with Crippen LogP contribution in [0.2, 0.25) is 0 Å². The smallest absolute Gasteiger partial charge is 0.0250 e. The number of aryl methyl sites for hydroxylation is 1. The van der Waals surface area contributed by atoms with Gasteiger partial charge in [-0.1, -0.05) is 76.6 Å². The first-order chi connectivity index (χ1) is 9.80. The molecule has 1 rings (SSSR count). The van der Waals surface area contributed by atoms with Gasteiger partial charge >= 0.3 is 0 Å². The van der Waals surface area contributed by atoms with Crippen LogP contribution in [0.15, 0.2) is 24.3 Å². The van der Waals surface area contributed by atoms with Crippen LogP contribution in [-0.2, 0) is 12.8 Å². The van der Waals surface area contributed by atoms with E-state index in [2.05, 4.69) is 43.5 Å². The number of nitrogens with one attached hydrogen (secondary N) is 1. The molecule has 0 saturated carbocycles. The first-order valence-corrected chi connectivity index (χ1v) is 8.34. The molecule has 0 bridgehead atoms. The van der Waals surface area contributed by atoms with Gasteiger partial charge in [-0.15, -0.1) is 0 Å². The van der Waals surface area contributed by atoms with E-state index in [0.717, 1.165) is 12.8 Å². The highest BCUT2D eigenvalue weighted by molar-refractivity contribution is 5.23. The van der Waals surface area contributed by atoms with Gasteiger partial charge in [-0.05, 0) is 30.4 Å². The first kappa shape index (κ1) is 17.2. The van der Waals surface area contributed by atoms with Crippen molar-refractivity contribution < 1.29 is 0 Å². The van der Waals surface area contributed by atoms with Crippen molar-refractivity contribution >= 4 is 0 Å². The third-order valence-electron chi connectivity index (χ3n) is 4.06. The zero-order valence-corrected chi connectivity index (χ0v) is 13.3. The van der Waals surface area contributed by atoms with E-state index in [0.29, 0.717) is 6.04 Å². The Kier molecular flexibility index (Phi) is 9.35. The van der Waals surface area contributed by atoms with Crippen molar-refractivity contribution in [2.75, 3.05) is 0 Å². The minimum absolute atomic E-state index is 0.411. The Labute approximate surface area is 125 Å². The predicted molar refractivity (Wildman–Crippen MR) is 88.6 cm³/mol. The maximum absolute atomic E-state index is 5.69. The highest BCUT2D eigenvalue weighted by atomic mass is 15.2. The van der Waals surface area contributed by atoms with Gasteiger partial charge in [0.05, 0.1) is 0 Å². The van der Waals surface area contributed by atoms with Crippen molar-refractivity contribution in [2.45, 2.75) is 77.7 Å². The lowest BCUT2D eigenvalue weighted by molar-refractivity contribution is 0.459. The van der Waals surface area contributed by atoms with Crippen molar-refractivity contribution in [2.24, 2.45) is 5.84 Å². The fourth-order valence-electron chi connectivity index (χ4n) is 2.61. The Morgan fingerprint density at radius 2 is 1.50 bits per heavy atom. The molecule has 2 nitrogen and oxygen atoms in total. The molecule has 1 unspecified atom stereocenters. The Balaban J connectivity index is 2.24. The van der Waals surface area contributed by atoms with Crippen LogP contribution in [0.25, 0.3) is 0 Å². The van der Waals surface area contributed by atoms with Crippen molar-refractivity contribution in [1.29, 1.82) is 0 Å². The van der Waals surface area contributed by atoms with Gasteiger partial charge in [-0.2, -0.15) is 0 Å². The Morgan fingerprint density at radius 1 is 0.900 bits per heavy atom. The Hall–Kier alpha value is -0.860. The van der Waals surface area contributed by atoms with E-state index >= 15 is 0 Å². The maximum atomic E-state index is 5.69. The summed E-state index contributed by atoms with van der Waals surface area (Å²) >= 11 is 0. The summed E-state index contributed by atoms with van der Waals surface area (Å²) in [5.74, 6) is 5.69. The molecule has 1 aromatic rings. The summed E-state index contributed by atoms with van der Waals surface area (Å²) in [5.41, 5.74) is 5.77. The molecule has 3 N–H and O–H groups in total. The van der Waals surface area contributed by atoms with E-state index in [-0.39, 0.29) is 0 Å². The standard InChI is InChI=1S/C18H32N2/c1-3-5-6-7-8-9-10-18(20-19)15-17-13-11-16(4-2)12-14-17/h11-14,18,20H,3-10,15,19H2,1-2H3. The summed E-state index contributed by atoms with van der Waals surface area (Å²) in [6.45, 7) is 4.45. The summed E-state index contributed by atoms with van der Waals surface area (Å²) in [5, 5.41) is 0. The van der Waals surface area contributed by atoms with Crippen molar-refractivity contribution in [1.82, 2.24) is 5.43 Å². The van der Waals surface area contributed by atoms with Gasteiger partial charge < -0.3 is 0 Å². The monoisotopic (exact) mass is 276 g/mol. The highest BCUT2D eigenvalue weighted by Crippen LogP contribution is 2.12. The third kappa shape index (κ3) is 7.06. The SMILES string of the molecule is CCCCCCCCC(Cc1ccc(CC)cc1)NN. The Morgan fingerprint density at radius 3 is 2.10 bits per heavy atom. The third-order valence-corrected chi connectivity index (χ3v) is 4.06. The molecule has 0 aliphatic carbocycles. The fourth-order valence-corrected chi connectivity index (χ4v) is 2.61. The minimum atomic E-state index is 0.411. The zero-order chi connectivity index (χ0) is 14.6. The quantitative estimate of drug-likeness (QED) is 0.358. The number of hydrazine groups is 1. The second-order valence-electron chi connectivity index (χ2n) is 5.79. The lowest BCUT2D eigenvalue weighted by Gasteiger charge is -2.16. The normalized spacial score (nSPS) is 12.6. The molecular formula is C18H32N2. The van der Waals surface area contributed by atoms with E-state index in [9.17, 15) is 0 Å². The lowest BCUT2D eigenvalue weighted by atomic mass is 9.99. The van der Waals surface area contributed by atoms with Crippen LogP contribution in [0, 0.1) is 0 Å². The molecule has 0 radical (unpaired) electrons.